The molecule has 0 atom stereocenters. The molecule has 0 aliphatic rings. The van der Waals surface area contributed by atoms with Crippen LogP contribution in [0.25, 0.3) is 0 Å². The molecule has 0 aliphatic heterocycles. The number of hydrogen-bond donors (Lipinski definition) is 1. The van der Waals surface area contributed by atoms with Crippen LogP contribution < -0.4 is 5.32 Å². The summed E-state index contributed by atoms with van der Waals surface area (Å²) in [6.07, 6.45) is 4.01. The molecule has 0 fully saturated rings. The number of halogens is 1. The van der Waals surface area contributed by atoms with Crippen molar-refractivity contribution in [2.24, 2.45) is 7.05 Å². The third-order valence-electron chi connectivity index (χ3n) is 3.05. The number of hydrogen-bond acceptors (Lipinski definition) is 3. The number of aromatic nitrogens is 4. The zero-order valence-electron chi connectivity index (χ0n) is 11.9. The van der Waals surface area contributed by atoms with Crippen molar-refractivity contribution in [3.63, 3.8) is 0 Å². The number of carbonyl (C=O) groups is 1. The third-order valence-corrected chi connectivity index (χ3v) is 3.42. The van der Waals surface area contributed by atoms with Crippen LogP contribution in [0.15, 0.2) is 12.4 Å². The van der Waals surface area contributed by atoms with Gasteiger partial charge in [-0.25, -0.2) is 0 Å². The number of aryl methyl sites for hydroxylation is 4. The van der Waals surface area contributed by atoms with Gasteiger partial charge in [0.1, 0.15) is 0 Å². The summed E-state index contributed by atoms with van der Waals surface area (Å²) < 4.78 is 3.43. The molecule has 0 bridgehead atoms. The van der Waals surface area contributed by atoms with Crippen molar-refractivity contribution < 1.29 is 4.79 Å². The molecule has 6 nitrogen and oxygen atoms in total. The Morgan fingerprint density at radius 3 is 2.60 bits per heavy atom. The maximum atomic E-state index is 11.8. The van der Waals surface area contributed by atoms with Crippen LogP contribution in [0.5, 0.6) is 0 Å². The van der Waals surface area contributed by atoms with Gasteiger partial charge >= 0.3 is 0 Å². The molecular weight excluding hydrogens is 278 g/mol. The highest BCUT2D eigenvalue weighted by Crippen LogP contribution is 2.12. The van der Waals surface area contributed by atoms with Crippen LogP contribution in [0.4, 0.5) is 0 Å². The molecular formula is C13H18ClN5O. The second kappa shape index (κ2) is 6.09. The van der Waals surface area contributed by atoms with Gasteiger partial charge < -0.3 is 5.32 Å². The predicted octanol–water partition coefficient (Wildman–Crippen LogP) is 1.59. The fraction of sp³-hybridized carbons (Fsp3) is 0.462. The standard InChI is InChI=1S/C13H18ClN5O/c1-9-11(7-18(3)16-9)6-15-13(20)4-5-19-8-12(14)10(2)17-19/h7-8H,4-6H2,1-3H3,(H,15,20). The van der Waals surface area contributed by atoms with Gasteiger partial charge in [-0.05, 0) is 13.8 Å². The van der Waals surface area contributed by atoms with Crippen LogP contribution in [0, 0.1) is 13.8 Å². The van der Waals surface area contributed by atoms with Crippen LogP contribution >= 0.6 is 11.6 Å². The van der Waals surface area contributed by atoms with Gasteiger partial charge in [0.2, 0.25) is 5.91 Å². The Labute approximate surface area is 122 Å². The Morgan fingerprint density at radius 1 is 1.30 bits per heavy atom. The molecule has 0 saturated carbocycles. The van der Waals surface area contributed by atoms with E-state index in [1.165, 1.54) is 0 Å². The third kappa shape index (κ3) is 3.60. The van der Waals surface area contributed by atoms with Gasteiger partial charge in [0, 0.05) is 44.5 Å². The van der Waals surface area contributed by atoms with Gasteiger partial charge in [0.25, 0.3) is 0 Å². The molecule has 1 amide bonds. The number of nitrogens with one attached hydrogen (secondary N) is 1. The van der Waals surface area contributed by atoms with Crippen molar-refractivity contribution in [1.29, 1.82) is 0 Å². The number of carbonyl (C=O) groups excluding carboxylic acids is 1. The highest BCUT2D eigenvalue weighted by Gasteiger charge is 2.07. The zero-order valence-corrected chi connectivity index (χ0v) is 12.6. The summed E-state index contributed by atoms with van der Waals surface area (Å²) in [5.41, 5.74) is 2.74. The largest absolute Gasteiger partial charge is 0.352 e. The van der Waals surface area contributed by atoms with Gasteiger partial charge in [-0.3, -0.25) is 14.2 Å². The van der Waals surface area contributed by atoms with E-state index in [0.29, 0.717) is 24.5 Å². The first-order valence-corrected chi connectivity index (χ1v) is 6.79. The van der Waals surface area contributed by atoms with Crippen molar-refractivity contribution in [2.75, 3.05) is 0 Å². The van der Waals surface area contributed by atoms with E-state index in [9.17, 15) is 4.79 Å². The molecule has 2 heterocycles. The lowest BCUT2D eigenvalue weighted by Crippen LogP contribution is -2.24. The smallest absolute Gasteiger partial charge is 0.222 e. The fourth-order valence-electron chi connectivity index (χ4n) is 1.93. The van der Waals surface area contributed by atoms with E-state index in [-0.39, 0.29) is 5.91 Å². The molecule has 108 valence electrons. The maximum Gasteiger partial charge on any atom is 0.222 e. The van der Waals surface area contributed by atoms with Crippen LogP contribution in [0.1, 0.15) is 23.4 Å². The van der Waals surface area contributed by atoms with Gasteiger partial charge in [0.15, 0.2) is 0 Å². The molecule has 0 spiro atoms. The van der Waals surface area contributed by atoms with Gasteiger partial charge in [-0.2, -0.15) is 10.2 Å². The quantitative estimate of drug-likeness (QED) is 0.911. The Morgan fingerprint density at radius 2 is 2.05 bits per heavy atom. The van der Waals surface area contributed by atoms with Crippen molar-refractivity contribution in [2.45, 2.75) is 33.4 Å². The van der Waals surface area contributed by atoms with E-state index in [2.05, 4.69) is 15.5 Å². The Balaban J connectivity index is 1.79. The van der Waals surface area contributed by atoms with Crippen molar-refractivity contribution in [3.8, 4) is 0 Å². The number of nitrogens with zero attached hydrogens (tertiary/aromatic N) is 4. The van der Waals surface area contributed by atoms with E-state index in [1.807, 2.05) is 27.1 Å². The summed E-state index contributed by atoms with van der Waals surface area (Å²) in [6, 6.07) is 0. The Kier molecular flexibility index (Phi) is 4.44. The van der Waals surface area contributed by atoms with Crippen LogP contribution in [-0.2, 0) is 24.9 Å². The second-order valence-corrected chi connectivity index (χ2v) is 5.17. The van der Waals surface area contributed by atoms with E-state index in [4.69, 9.17) is 11.6 Å². The van der Waals surface area contributed by atoms with Gasteiger partial charge in [-0.1, -0.05) is 11.6 Å². The zero-order chi connectivity index (χ0) is 14.7. The predicted molar refractivity (Wildman–Crippen MR) is 76.4 cm³/mol. The summed E-state index contributed by atoms with van der Waals surface area (Å²) >= 11 is 5.91. The number of amides is 1. The molecule has 2 aromatic rings. The summed E-state index contributed by atoms with van der Waals surface area (Å²) in [7, 11) is 1.86. The lowest BCUT2D eigenvalue weighted by Gasteiger charge is -2.04. The lowest BCUT2D eigenvalue weighted by atomic mass is 10.2. The molecule has 0 aliphatic carbocycles. The molecule has 0 aromatic carbocycles. The Hall–Kier alpha value is -1.82. The molecule has 0 saturated heterocycles. The van der Waals surface area contributed by atoms with Gasteiger partial charge in [0.05, 0.1) is 16.4 Å². The highest BCUT2D eigenvalue weighted by molar-refractivity contribution is 6.31. The highest BCUT2D eigenvalue weighted by atomic mass is 35.5. The minimum absolute atomic E-state index is 0.0162. The molecule has 0 radical (unpaired) electrons. The summed E-state index contributed by atoms with van der Waals surface area (Å²) in [4.78, 5) is 11.8. The first-order chi connectivity index (χ1) is 9.45. The molecule has 20 heavy (non-hydrogen) atoms. The molecule has 2 rings (SSSR count). The second-order valence-electron chi connectivity index (χ2n) is 4.77. The minimum atomic E-state index is -0.0162. The van der Waals surface area contributed by atoms with E-state index < -0.39 is 0 Å². The maximum absolute atomic E-state index is 11.8. The average molecular weight is 296 g/mol. The summed E-state index contributed by atoms with van der Waals surface area (Å²) in [5, 5.41) is 11.9. The molecule has 0 unspecified atom stereocenters. The molecule has 2 aromatic heterocycles. The first kappa shape index (κ1) is 14.6. The normalized spacial score (nSPS) is 10.8. The summed E-state index contributed by atoms with van der Waals surface area (Å²) in [5.74, 6) is -0.0162. The van der Waals surface area contributed by atoms with Gasteiger partial charge in [-0.15, -0.1) is 0 Å². The van der Waals surface area contributed by atoms with E-state index in [0.717, 1.165) is 17.0 Å². The van der Waals surface area contributed by atoms with Crippen molar-refractivity contribution >= 4 is 17.5 Å². The van der Waals surface area contributed by atoms with Crippen molar-refractivity contribution in [1.82, 2.24) is 24.9 Å². The SMILES string of the molecule is Cc1nn(CCC(=O)NCc2cn(C)nc2C)cc1Cl. The fourth-order valence-corrected chi connectivity index (χ4v) is 2.08. The average Bonchev–Trinajstić information content (AvgIpc) is 2.87. The minimum Gasteiger partial charge on any atom is -0.352 e. The summed E-state index contributed by atoms with van der Waals surface area (Å²) in [6.45, 7) is 4.78. The van der Waals surface area contributed by atoms with E-state index >= 15 is 0 Å². The number of rotatable bonds is 5. The topological polar surface area (TPSA) is 64.7 Å². The first-order valence-electron chi connectivity index (χ1n) is 6.41. The van der Waals surface area contributed by atoms with E-state index in [1.54, 1.807) is 15.6 Å². The van der Waals surface area contributed by atoms with Crippen LogP contribution in [0.3, 0.4) is 0 Å². The molecule has 7 heteroatoms. The Bertz CT molecular complexity index is 597. The van der Waals surface area contributed by atoms with Crippen molar-refractivity contribution in [3.05, 3.63) is 34.4 Å². The van der Waals surface area contributed by atoms with Crippen LogP contribution in [0.2, 0.25) is 5.02 Å². The molecule has 1 N–H and O–H groups in total. The lowest BCUT2D eigenvalue weighted by molar-refractivity contribution is -0.121. The monoisotopic (exact) mass is 295 g/mol. The van der Waals surface area contributed by atoms with Crippen LogP contribution in [-0.4, -0.2) is 25.5 Å².